The first-order valence-electron chi connectivity index (χ1n) is 9.15. The van der Waals surface area contributed by atoms with Gasteiger partial charge in [0.1, 0.15) is 11.4 Å². The molecule has 3 rings (SSSR count). The monoisotopic (exact) mass is 359 g/mol. The second-order valence-electron chi connectivity index (χ2n) is 7.39. The maximum atomic E-state index is 14.3. The molecule has 1 unspecified atom stereocenters. The Morgan fingerprint density at radius 2 is 1.96 bits per heavy atom. The summed E-state index contributed by atoms with van der Waals surface area (Å²) >= 11 is 0. The van der Waals surface area contributed by atoms with Gasteiger partial charge in [0.15, 0.2) is 0 Å². The van der Waals surface area contributed by atoms with Crippen molar-refractivity contribution in [2.45, 2.75) is 38.6 Å². The van der Waals surface area contributed by atoms with Crippen LogP contribution >= 0.6 is 0 Å². The van der Waals surface area contributed by atoms with Crippen molar-refractivity contribution in [3.05, 3.63) is 47.3 Å². The van der Waals surface area contributed by atoms with E-state index in [0.29, 0.717) is 5.56 Å². The molecule has 2 aliphatic rings. The Hall–Kier alpha value is -2.21. The van der Waals surface area contributed by atoms with E-state index in [4.69, 9.17) is 0 Å². The number of hydrogen-bond acceptors (Lipinski definition) is 3. The number of amides is 3. The lowest BCUT2D eigenvalue weighted by atomic mass is 9.74. The Balaban J connectivity index is 1.96. The predicted octanol–water partition coefficient (Wildman–Crippen LogP) is 2.62. The summed E-state index contributed by atoms with van der Waals surface area (Å²) in [5, 5.41) is 6.24. The van der Waals surface area contributed by atoms with Crippen LogP contribution in [0.5, 0.6) is 0 Å². The molecule has 0 aromatic heterocycles. The van der Waals surface area contributed by atoms with Gasteiger partial charge in [-0.2, -0.15) is 0 Å². The molecule has 0 saturated carbocycles. The van der Waals surface area contributed by atoms with Gasteiger partial charge in [-0.3, -0.25) is 9.69 Å². The van der Waals surface area contributed by atoms with Gasteiger partial charge in [-0.1, -0.05) is 29.8 Å². The molecule has 6 heteroatoms. The van der Waals surface area contributed by atoms with Crippen molar-refractivity contribution in [2.75, 3.05) is 19.6 Å². The molecule has 3 amide bonds. The van der Waals surface area contributed by atoms with E-state index in [1.54, 1.807) is 18.2 Å². The summed E-state index contributed by atoms with van der Waals surface area (Å²) in [6, 6.07) is 6.09. The van der Waals surface area contributed by atoms with Crippen LogP contribution in [0, 0.1) is 11.7 Å². The van der Waals surface area contributed by atoms with Crippen LogP contribution in [0.4, 0.5) is 9.18 Å². The molecule has 2 saturated heterocycles. The van der Waals surface area contributed by atoms with Gasteiger partial charge in [-0.25, -0.2) is 9.18 Å². The highest BCUT2D eigenvalue weighted by atomic mass is 19.1. The van der Waals surface area contributed by atoms with Crippen molar-refractivity contribution in [1.29, 1.82) is 0 Å². The van der Waals surface area contributed by atoms with E-state index in [9.17, 15) is 14.0 Å². The lowest BCUT2D eigenvalue weighted by Crippen LogP contribution is -2.57. The van der Waals surface area contributed by atoms with Crippen LogP contribution in [-0.4, -0.2) is 42.0 Å². The molecule has 140 valence electrons. The summed E-state index contributed by atoms with van der Waals surface area (Å²) in [7, 11) is 0. The topological polar surface area (TPSA) is 61.4 Å². The van der Waals surface area contributed by atoms with Crippen molar-refractivity contribution in [3.8, 4) is 0 Å². The van der Waals surface area contributed by atoms with E-state index in [1.807, 2.05) is 19.9 Å². The third kappa shape index (κ3) is 3.51. The zero-order valence-corrected chi connectivity index (χ0v) is 15.3. The largest absolute Gasteiger partial charge is 0.325 e. The van der Waals surface area contributed by atoms with Crippen molar-refractivity contribution in [3.63, 3.8) is 0 Å². The number of carbonyl (C=O) groups excluding carboxylic acids is 2. The number of rotatable bonds is 5. The van der Waals surface area contributed by atoms with Crippen molar-refractivity contribution < 1.29 is 14.0 Å². The van der Waals surface area contributed by atoms with Crippen molar-refractivity contribution in [2.24, 2.45) is 5.92 Å². The Morgan fingerprint density at radius 1 is 1.27 bits per heavy atom. The van der Waals surface area contributed by atoms with E-state index in [1.165, 1.54) is 11.0 Å². The van der Waals surface area contributed by atoms with Gasteiger partial charge in [0, 0.05) is 13.0 Å². The maximum absolute atomic E-state index is 14.3. The van der Waals surface area contributed by atoms with E-state index >= 15 is 0 Å². The number of allylic oxidation sites excluding steroid dienone is 1. The average molecular weight is 359 g/mol. The minimum Gasteiger partial charge on any atom is -0.322 e. The Bertz CT molecular complexity index is 724. The van der Waals surface area contributed by atoms with Gasteiger partial charge in [0.2, 0.25) is 0 Å². The molecule has 2 fully saturated rings. The fourth-order valence-electron chi connectivity index (χ4n) is 3.88. The smallest absolute Gasteiger partial charge is 0.322 e. The molecule has 2 N–H and O–H groups in total. The second kappa shape index (κ2) is 7.58. The van der Waals surface area contributed by atoms with Gasteiger partial charge in [-0.05, 0) is 57.3 Å². The minimum absolute atomic E-state index is 0.0171. The van der Waals surface area contributed by atoms with Crippen LogP contribution < -0.4 is 10.6 Å². The molecule has 0 radical (unpaired) electrons. The molecule has 0 bridgehead atoms. The molecule has 26 heavy (non-hydrogen) atoms. The highest BCUT2D eigenvalue weighted by Gasteiger charge is 2.55. The number of carbonyl (C=O) groups is 2. The lowest BCUT2D eigenvalue weighted by Gasteiger charge is -2.38. The molecule has 0 aliphatic carbocycles. The molecule has 0 spiro atoms. The average Bonchev–Trinajstić information content (AvgIpc) is 2.87. The van der Waals surface area contributed by atoms with Crippen LogP contribution in [0.15, 0.2) is 35.9 Å². The fourth-order valence-corrected chi connectivity index (χ4v) is 3.88. The molecule has 1 aromatic carbocycles. The van der Waals surface area contributed by atoms with Gasteiger partial charge in [-0.15, -0.1) is 0 Å². The van der Waals surface area contributed by atoms with E-state index < -0.39 is 5.54 Å². The zero-order valence-electron chi connectivity index (χ0n) is 15.3. The number of piperidine rings is 1. The van der Waals surface area contributed by atoms with Crippen LogP contribution in [-0.2, 0) is 11.2 Å². The summed E-state index contributed by atoms with van der Waals surface area (Å²) in [6.45, 7) is 5.69. The summed E-state index contributed by atoms with van der Waals surface area (Å²) in [5.41, 5.74) is 0.430. The maximum Gasteiger partial charge on any atom is 0.325 e. The normalized spacial score (nSPS) is 23.9. The summed E-state index contributed by atoms with van der Waals surface area (Å²) in [4.78, 5) is 27.2. The summed E-state index contributed by atoms with van der Waals surface area (Å²) < 4.78 is 14.3. The Morgan fingerprint density at radius 3 is 2.62 bits per heavy atom. The van der Waals surface area contributed by atoms with E-state index in [2.05, 4.69) is 10.6 Å². The van der Waals surface area contributed by atoms with Crippen LogP contribution in [0.2, 0.25) is 0 Å². The van der Waals surface area contributed by atoms with Crippen molar-refractivity contribution in [1.82, 2.24) is 15.5 Å². The third-order valence-electron chi connectivity index (χ3n) is 5.35. The molecular weight excluding hydrogens is 333 g/mol. The first kappa shape index (κ1) is 18.6. The fraction of sp³-hybridized carbons (Fsp3) is 0.500. The Kier molecular flexibility index (Phi) is 5.41. The second-order valence-corrected chi connectivity index (χ2v) is 7.39. The molecular formula is C20H26FN3O2. The minimum atomic E-state index is -1.07. The number of benzene rings is 1. The molecule has 2 heterocycles. The first-order chi connectivity index (χ1) is 12.4. The SMILES string of the molecule is CC(C)=CCN1C(=O)NC(Cc2ccccc2F)(C2CCNCC2)C1=O. The number of hydrogen-bond donors (Lipinski definition) is 2. The molecule has 1 atom stereocenters. The highest BCUT2D eigenvalue weighted by Crippen LogP contribution is 2.35. The molecule has 2 aliphatic heterocycles. The zero-order chi connectivity index (χ0) is 18.7. The molecule has 5 nitrogen and oxygen atoms in total. The quantitative estimate of drug-likeness (QED) is 0.628. The summed E-state index contributed by atoms with van der Waals surface area (Å²) in [6.07, 6.45) is 3.59. The van der Waals surface area contributed by atoms with E-state index in [0.717, 1.165) is 31.5 Å². The summed E-state index contributed by atoms with van der Waals surface area (Å²) in [5.74, 6) is -0.600. The first-order valence-corrected chi connectivity index (χ1v) is 9.15. The Labute approximate surface area is 153 Å². The third-order valence-corrected chi connectivity index (χ3v) is 5.35. The van der Waals surface area contributed by atoms with Gasteiger partial charge in [0.25, 0.3) is 5.91 Å². The van der Waals surface area contributed by atoms with Gasteiger partial charge in [0.05, 0.1) is 0 Å². The standard InChI is InChI=1S/C20H26FN3O2/c1-14(2)9-12-24-18(25)20(23-19(24)26,16-7-10-22-11-8-16)13-15-5-3-4-6-17(15)21/h3-6,9,16,22H,7-8,10-13H2,1-2H3,(H,23,26). The predicted molar refractivity (Wildman–Crippen MR) is 98.1 cm³/mol. The number of nitrogens with zero attached hydrogens (tertiary/aromatic N) is 1. The number of urea groups is 1. The van der Waals surface area contributed by atoms with E-state index in [-0.39, 0.29) is 36.6 Å². The lowest BCUT2D eigenvalue weighted by molar-refractivity contribution is -0.133. The van der Waals surface area contributed by atoms with Crippen LogP contribution in [0.1, 0.15) is 32.3 Å². The van der Waals surface area contributed by atoms with Gasteiger partial charge < -0.3 is 10.6 Å². The van der Waals surface area contributed by atoms with Gasteiger partial charge >= 0.3 is 6.03 Å². The van der Waals surface area contributed by atoms with Crippen LogP contribution in [0.3, 0.4) is 0 Å². The highest BCUT2D eigenvalue weighted by molar-refractivity contribution is 6.07. The number of halogens is 1. The molecule has 1 aromatic rings. The number of imide groups is 1. The van der Waals surface area contributed by atoms with Crippen molar-refractivity contribution >= 4 is 11.9 Å². The number of nitrogens with one attached hydrogen (secondary N) is 2. The van der Waals surface area contributed by atoms with Crippen LogP contribution in [0.25, 0.3) is 0 Å².